The van der Waals surface area contributed by atoms with Crippen molar-refractivity contribution in [2.24, 2.45) is 0 Å². The van der Waals surface area contributed by atoms with Crippen molar-refractivity contribution in [2.75, 3.05) is 13.2 Å². The monoisotopic (exact) mass is 449 g/mol. The highest BCUT2D eigenvalue weighted by Gasteiger charge is 2.44. The Balaban J connectivity index is 1.69. The highest BCUT2D eigenvalue weighted by atomic mass is 32.2. The zero-order valence-electron chi connectivity index (χ0n) is 17.6. The SMILES string of the molecule is Cc1ccc(S(=O)(=O)N2CC(O)C[C@H]2C(=O)OCC(=O)NC2(C#N)CCCC2)cc1C. The van der Waals surface area contributed by atoms with Crippen molar-refractivity contribution in [1.29, 1.82) is 5.26 Å². The van der Waals surface area contributed by atoms with Crippen LogP contribution in [0, 0.1) is 25.2 Å². The quantitative estimate of drug-likeness (QED) is 0.616. The van der Waals surface area contributed by atoms with Crippen molar-refractivity contribution in [3.05, 3.63) is 29.3 Å². The summed E-state index contributed by atoms with van der Waals surface area (Å²) in [4.78, 5) is 24.8. The van der Waals surface area contributed by atoms with Crippen LogP contribution in [0.3, 0.4) is 0 Å². The fraction of sp³-hybridized carbons (Fsp3) is 0.571. The van der Waals surface area contributed by atoms with E-state index in [0.717, 1.165) is 28.3 Å². The molecule has 1 unspecified atom stereocenters. The first-order valence-electron chi connectivity index (χ1n) is 10.2. The van der Waals surface area contributed by atoms with E-state index in [9.17, 15) is 28.4 Å². The van der Waals surface area contributed by atoms with Crippen molar-refractivity contribution in [3.63, 3.8) is 0 Å². The average molecular weight is 450 g/mol. The maximum atomic E-state index is 13.1. The molecule has 2 fully saturated rings. The van der Waals surface area contributed by atoms with E-state index in [2.05, 4.69) is 11.4 Å². The first-order valence-corrected chi connectivity index (χ1v) is 11.7. The molecule has 0 spiro atoms. The molecule has 1 amide bonds. The highest BCUT2D eigenvalue weighted by molar-refractivity contribution is 7.89. The molecule has 1 aromatic rings. The van der Waals surface area contributed by atoms with Crippen molar-refractivity contribution in [1.82, 2.24) is 9.62 Å². The summed E-state index contributed by atoms with van der Waals surface area (Å²) in [6.07, 6.45) is 1.61. The number of ether oxygens (including phenoxy) is 1. The van der Waals surface area contributed by atoms with Gasteiger partial charge in [-0.3, -0.25) is 9.59 Å². The van der Waals surface area contributed by atoms with E-state index in [0.29, 0.717) is 12.8 Å². The average Bonchev–Trinajstić information content (AvgIpc) is 3.35. The summed E-state index contributed by atoms with van der Waals surface area (Å²) >= 11 is 0. The fourth-order valence-corrected chi connectivity index (χ4v) is 5.77. The van der Waals surface area contributed by atoms with Crippen LogP contribution in [0.1, 0.15) is 43.2 Å². The number of rotatable bonds is 6. The maximum absolute atomic E-state index is 13.1. The van der Waals surface area contributed by atoms with E-state index in [1.807, 2.05) is 6.92 Å². The van der Waals surface area contributed by atoms with Gasteiger partial charge in [0.2, 0.25) is 10.0 Å². The Hall–Kier alpha value is -2.48. The smallest absolute Gasteiger partial charge is 0.325 e. The second-order valence-electron chi connectivity index (χ2n) is 8.28. The number of esters is 1. The second kappa shape index (κ2) is 8.94. The molecule has 0 bridgehead atoms. The number of hydrogen-bond donors (Lipinski definition) is 2. The van der Waals surface area contributed by atoms with Crippen molar-refractivity contribution in [3.8, 4) is 6.07 Å². The number of β-amino-alcohol motifs (C(OH)–C–C–N with tert-alkyl or cyclic N) is 1. The van der Waals surface area contributed by atoms with Crippen molar-refractivity contribution in [2.45, 2.75) is 68.5 Å². The number of benzene rings is 1. The second-order valence-corrected chi connectivity index (χ2v) is 10.2. The van der Waals surface area contributed by atoms with Crippen LogP contribution in [-0.4, -0.2) is 60.5 Å². The highest BCUT2D eigenvalue weighted by Crippen LogP contribution is 2.30. The molecule has 9 nitrogen and oxygen atoms in total. The largest absolute Gasteiger partial charge is 0.454 e. The molecule has 10 heteroatoms. The first-order chi connectivity index (χ1) is 14.6. The fourth-order valence-electron chi connectivity index (χ4n) is 4.05. The summed E-state index contributed by atoms with van der Waals surface area (Å²) in [7, 11) is -4.05. The molecule has 2 atom stereocenters. The van der Waals surface area contributed by atoms with E-state index in [-0.39, 0.29) is 17.9 Å². The van der Waals surface area contributed by atoms with Crippen molar-refractivity contribution >= 4 is 21.9 Å². The van der Waals surface area contributed by atoms with Crippen LogP contribution in [0.2, 0.25) is 0 Å². The van der Waals surface area contributed by atoms with Crippen LogP contribution in [0.25, 0.3) is 0 Å². The molecule has 31 heavy (non-hydrogen) atoms. The summed E-state index contributed by atoms with van der Waals surface area (Å²) in [6, 6.07) is 5.55. The Kier molecular flexibility index (Phi) is 6.69. The normalized spacial score (nSPS) is 23.3. The molecule has 2 N–H and O–H groups in total. The summed E-state index contributed by atoms with van der Waals surface area (Å²) in [5.41, 5.74) is 0.779. The predicted octanol–water partition coefficient (Wildman–Crippen LogP) is 0.923. The molecule has 1 saturated carbocycles. The van der Waals surface area contributed by atoms with Gasteiger partial charge in [0.15, 0.2) is 6.61 Å². The summed E-state index contributed by atoms with van der Waals surface area (Å²) in [5, 5.41) is 22.0. The number of carbonyl (C=O) groups is 2. The molecule has 1 aromatic carbocycles. The minimum atomic E-state index is -4.05. The van der Waals surface area contributed by atoms with E-state index < -0.39 is 46.2 Å². The van der Waals surface area contributed by atoms with Crippen LogP contribution < -0.4 is 5.32 Å². The number of aryl methyl sites for hydroxylation is 2. The van der Waals surface area contributed by atoms with Crippen LogP contribution in [-0.2, 0) is 24.3 Å². The van der Waals surface area contributed by atoms with Gasteiger partial charge >= 0.3 is 5.97 Å². The number of carbonyl (C=O) groups excluding carboxylic acids is 2. The Bertz CT molecular complexity index is 1010. The van der Waals surface area contributed by atoms with Gasteiger partial charge in [0.05, 0.1) is 17.1 Å². The number of nitrogens with one attached hydrogen (secondary N) is 1. The molecule has 1 aliphatic heterocycles. The maximum Gasteiger partial charge on any atom is 0.325 e. The topological polar surface area (TPSA) is 137 Å². The van der Waals surface area contributed by atoms with Gasteiger partial charge in [-0.05, 0) is 62.8 Å². The number of nitriles is 1. The molecule has 0 aromatic heterocycles. The third kappa shape index (κ3) is 4.89. The van der Waals surface area contributed by atoms with Crippen LogP contribution in [0.5, 0.6) is 0 Å². The number of sulfonamides is 1. The first kappa shape index (κ1) is 23.2. The Labute approximate surface area is 182 Å². The number of aliphatic hydroxyl groups excluding tert-OH is 1. The van der Waals surface area contributed by atoms with Gasteiger partial charge in [-0.1, -0.05) is 6.07 Å². The third-order valence-corrected chi connectivity index (χ3v) is 7.86. The molecule has 2 aliphatic rings. The van der Waals surface area contributed by atoms with Gasteiger partial charge in [-0.25, -0.2) is 8.42 Å². The molecule has 1 aliphatic carbocycles. The standard InChI is InChI=1S/C21H27N3O6S/c1-14-5-6-17(9-15(14)2)31(28,29)24-11-16(25)10-18(24)20(27)30-12-19(26)23-21(13-22)7-3-4-8-21/h5-6,9,16,18,25H,3-4,7-8,10-12H2,1-2H3,(H,23,26)/t16?,18-/m0/s1. The Morgan fingerprint density at radius 3 is 2.58 bits per heavy atom. The van der Waals surface area contributed by atoms with Crippen LogP contribution >= 0.6 is 0 Å². The summed E-state index contributed by atoms with van der Waals surface area (Å²) in [5.74, 6) is -1.52. The van der Waals surface area contributed by atoms with Crippen LogP contribution in [0.15, 0.2) is 23.1 Å². The zero-order valence-corrected chi connectivity index (χ0v) is 18.4. The lowest BCUT2D eigenvalue weighted by Crippen LogP contribution is -2.47. The molecule has 168 valence electrons. The van der Waals surface area contributed by atoms with Gasteiger partial charge in [0.25, 0.3) is 5.91 Å². The summed E-state index contributed by atoms with van der Waals surface area (Å²) in [6.45, 7) is 2.79. The molecule has 3 rings (SSSR count). The van der Waals surface area contributed by atoms with E-state index >= 15 is 0 Å². The lowest BCUT2D eigenvalue weighted by Gasteiger charge is -2.24. The molecular weight excluding hydrogens is 422 g/mol. The van der Waals surface area contributed by atoms with Gasteiger partial charge in [-0.2, -0.15) is 9.57 Å². The third-order valence-electron chi connectivity index (χ3n) is 5.99. The van der Waals surface area contributed by atoms with Gasteiger partial charge in [0.1, 0.15) is 11.6 Å². The van der Waals surface area contributed by atoms with E-state index in [1.54, 1.807) is 13.0 Å². The van der Waals surface area contributed by atoms with Gasteiger partial charge < -0.3 is 15.2 Å². The zero-order chi connectivity index (χ0) is 22.8. The van der Waals surface area contributed by atoms with E-state index in [4.69, 9.17) is 4.74 Å². The van der Waals surface area contributed by atoms with Crippen molar-refractivity contribution < 1.29 is 27.9 Å². The van der Waals surface area contributed by atoms with Crippen LogP contribution in [0.4, 0.5) is 0 Å². The predicted molar refractivity (Wildman–Crippen MR) is 110 cm³/mol. The minimum absolute atomic E-state index is 0.0254. The van der Waals surface area contributed by atoms with E-state index in [1.165, 1.54) is 12.1 Å². The molecule has 0 radical (unpaired) electrons. The Morgan fingerprint density at radius 2 is 1.97 bits per heavy atom. The number of nitrogens with zero attached hydrogens (tertiary/aromatic N) is 2. The summed E-state index contributed by atoms with van der Waals surface area (Å²) < 4.78 is 32.2. The van der Waals surface area contributed by atoms with Gasteiger partial charge in [-0.15, -0.1) is 0 Å². The minimum Gasteiger partial charge on any atom is -0.454 e. The lowest BCUT2D eigenvalue weighted by atomic mass is 10.00. The Morgan fingerprint density at radius 1 is 1.29 bits per heavy atom. The lowest BCUT2D eigenvalue weighted by molar-refractivity contribution is -0.152. The number of aliphatic hydroxyl groups is 1. The molecular formula is C21H27N3O6S. The van der Waals surface area contributed by atoms with Gasteiger partial charge in [0, 0.05) is 13.0 Å². The number of amides is 1. The molecule has 1 heterocycles. The number of hydrogen-bond acceptors (Lipinski definition) is 7. The molecule has 1 saturated heterocycles.